The van der Waals surface area contributed by atoms with Gasteiger partial charge < -0.3 is 9.47 Å². The Morgan fingerprint density at radius 3 is 1.36 bits per heavy atom. The van der Waals surface area contributed by atoms with Crippen molar-refractivity contribution in [2.24, 2.45) is 0 Å². The lowest BCUT2D eigenvalue weighted by Crippen LogP contribution is -2.15. The van der Waals surface area contributed by atoms with Gasteiger partial charge in [-0.1, -0.05) is 0 Å². The second kappa shape index (κ2) is 6.40. The van der Waals surface area contributed by atoms with E-state index in [1.807, 2.05) is 0 Å². The van der Waals surface area contributed by atoms with Gasteiger partial charge in [0.15, 0.2) is 0 Å². The summed E-state index contributed by atoms with van der Waals surface area (Å²) in [5, 5.41) is 0. The van der Waals surface area contributed by atoms with E-state index in [-0.39, 0.29) is 11.9 Å². The van der Waals surface area contributed by atoms with Gasteiger partial charge in [-0.3, -0.25) is 9.59 Å². The lowest BCUT2D eigenvalue weighted by Gasteiger charge is -2.11. The van der Waals surface area contributed by atoms with Crippen molar-refractivity contribution in [1.29, 1.82) is 0 Å². The van der Waals surface area contributed by atoms with Gasteiger partial charge in [0.1, 0.15) is 0 Å². The minimum atomic E-state index is -0.331. The van der Waals surface area contributed by atoms with Crippen LogP contribution in [0.15, 0.2) is 0 Å². The van der Waals surface area contributed by atoms with Crippen LogP contribution in [0.25, 0.3) is 0 Å². The van der Waals surface area contributed by atoms with E-state index in [1.165, 1.54) is 14.2 Å². The first-order chi connectivity index (χ1) is 6.52. The molecule has 0 heterocycles. The Morgan fingerprint density at radius 2 is 1.14 bits per heavy atom. The molecule has 2 radical (unpaired) electrons. The van der Waals surface area contributed by atoms with Crippen LogP contribution >= 0.6 is 0 Å². The molecule has 0 saturated carbocycles. The predicted molar refractivity (Wildman–Crippen MR) is 51.1 cm³/mol. The Bertz CT molecular complexity index is 178. The molecule has 0 aromatic rings. The molecule has 0 aliphatic rings. The summed E-state index contributed by atoms with van der Waals surface area (Å²) in [6.45, 7) is 3.38. The van der Waals surface area contributed by atoms with Gasteiger partial charge in [0.2, 0.25) is 0 Å². The third-order valence-corrected chi connectivity index (χ3v) is 1.94. The molecule has 0 fully saturated rings. The molecule has 4 heteroatoms. The van der Waals surface area contributed by atoms with Crippen molar-refractivity contribution in [3.8, 4) is 0 Å². The van der Waals surface area contributed by atoms with Crippen molar-refractivity contribution >= 4 is 11.9 Å². The van der Waals surface area contributed by atoms with E-state index in [1.54, 1.807) is 13.8 Å². The summed E-state index contributed by atoms with van der Waals surface area (Å²) in [6, 6.07) is 0. The maximum Gasteiger partial charge on any atom is 0.312 e. The van der Waals surface area contributed by atoms with E-state index < -0.39 is 0 Å². The fourth-order valence-electron chi connectivity index (χ4n) is 0.928. The second-order valence-electron chi connectivity index (χ2n) is 3.04. The molecule has 0 amide bonds. The molecule has 0 aliphatic carbocycles. The van der Waals surface area contributed by atoms with Crippen LogP contribution in [0.4, 0.5) is 0 Å². The van der Waals surface area contributed by atoms with Gasteiger partial charge in [0, 0.05) is 0 Å². The third-order valence-electron chi connectivity index (χ3n) is 1.94. The van der Waals surface area contributed by atoms with Crippen LogP contribution in [0.3, 0.4) is 0 Å². The summed E-state index contributed by atoms with van der Waals surface area (Å²) in [7, 11) is 2.67. The Morgan fingerprint density at radius 1 is 0.857 bits per heavy atom. The maximum atomic E-state index is 11.0. The molecule has 0 N–H and O–H groups in total. The van der Waals surface area contributed by atoms with E-state index in [0.717, 1.165) is 0 Å². The van der Waals surface area contributed by atoms with Crippen molar-refractivity contribution in [1.82, 2.24) is 0 Å². The van der Waals surface area contributed by atoms with Gasteiger partial charge in [0.25, 0.3) is 0 Å². The summed E-state index contributed by atoms with van der Waals surface area (Å²) in [5.41, 5.74) is 0. The number of carbonyl (C=O) groups is 2. The molecular weight excluding hydrogens is 184 g/mol. The number of methoxy groups -OCH3 is 2. The van der Waals surface area contributed by atoms with Crippen LogP contribution in [0.2, 0.25) is 0 Å². The van der Waals surface area contributed by atoms with Crippen LogP contribution in [0.1, 0.15) is 26.7 Å². The summed E-state index contributed by atoms with van der Waals surface area (Å²) < 4.78 is 9.06. The topological polar surface area (TPSA) is 52.6 Å². The highest BCUT2D eigenvalue weighted by atomic mass is 16.5. The molecule has 80 valence electrons. The summed E-state index contributed by atoms with van der Waals surface area (Å²) in [4.78, 5) is 22.0. The highest BCUT2D eigenvalue weighted by Crippen LogP contribution is 2.17. The first kappa shape index (κ1) is 12.9. The van der Waals surface area contributed by atoms with Crippen molar-refractivity contribution in [2.45, 2.75) is 26.7 Å². The van der Waals surface area contributed by atoms with Gasteiger partial charge in [0.05, 0.1) is 26.1 Å². The van der Waals surface area contributed by atoms with Crippen molar-refractivity contribution in [3.63, 3.8) is 0 Å². The first-order valence-corrected chi connectivity index (χ1v) is 4.34. The molecule has 4 nitrogen and oxygen atoms in total. The van der Waals surface area contributed by atoms with E-state index in [2.05, 4.69) is 9.47 Å². The SMILES string of the molecule is COC(=O)[C](C)CC[C](C)C(=O)OC. The van der Waals surface area contributed by atoms with Gasteiger partial charge >= 0.3 is 11.9 Å². The highest BCUT2D eigenvalue weighted by molar-refractivity contribution is 5.85. The van der Waals surface area contributed by atoms with Crippen LogP contribution in [-0.2, 0) is 19.1 Å². The first-order valence-electron chi connectivity index (χ1n) is 4.34. The minimum absolute atomic E-state index is 0.331. The number of hydrogen-bond acceptors (Lipinski definition) is 4. The highest BCUT2D eigenvalue weighted by Gasteiger charge is 2.19. The molecule has 0 spiro atoms. The molecule has 0 saturated heterocycles. The van der Waals surface area contributed by atoms with E-state index in [4.69, 9.17) is 0 Å². The molecular formula is C10H16O4. The number of carbonyl (C=O) groups excluding carboxylic acids is 2. The standard InChI is InChI=1S/C10H16O4/c1-7(9(11)13-3)5-6-8(2)10(12)14-4/h5-6H2,1-4H3. The lowest BCUT2D eigenvalue weighted by molar-refractivity contribution is -0.140. The molecule has 0 bridgehead atoms. The summed E-state index contributed by atoms with van der Waals surface area (Å²) in [6.07, 6.45) is 1.04. The van der Waals surface area contributed by atoms with Crippen LogP contribution in [-0.4, -0.2) is 26.2 Å². The monoisotopic (exact) mass is 200 g/mol. The molecule has 14 heavy (non-hydrogen) atoms. The smallest absolute Gasteiger partial charge is 0.312 e. The quantitative estimate of drug-likeness (QED) is 0.628. The van der Waals surface area contributed by atoms with E-state index >= 15 is 0 Å². The average molecular weight is 200 g/mol. The van der Waals surface area contributed by atoms with E-state index in [0.29, 0.717) is 24.7 Å². The average Bonchev–Trinajstić information content (AvgIpc) is 2.22. The lowest BCUT2D eigenvalue weighted by atomic mass is 9.98. The van der Waals surface area contributed by atoms with Gasteiger partial charge in [-0.25, -0.2) is 0 Å². The van der Waals surface area contributed by atoms with E-state index in [9.17, 15) is 9.59 Å². The Hall–Kier alpha value is -1.06. The Kier molecular flexibility index (Phi) is 5.92. The molecule has 0 aromatic carbocycles. The largest absolute Gasteiger partial charge is 0.469 e. The summed E-state index contributed by atoms with van der Waals surface area (Å²) >= 11 is 0. The number of esters is 2. The second-order valence-corrected chi connectivity index (χ2v) is 3.04. The number of hydrogen-bond donors (Lipinski definition) is 0. The predicted octanol–water partition coefficient (Wildman–Crippen LogP) is 1.30. The zero-order valence-corrected chi connectivity index (χ0v) is 9.05. The van der Waals surface area contributed by atoms with Crippen LogP contribution in [0.5, 0.6) is 0 Å². The minimum Gasteiger partial charge on any atom is -0.469 e. The fraction of sp³-hybridized carbons (Fsp3) is 0.600. The molecule has 0 unspecified atom stereocenters. The zero-order chi connectivity index (χ0) is 11.1. The third kappa shape index (κ3) is 4.25. The normalized spacial score (nSPS) is 10.4. The maximum absolute atomic E-state index is 11.0. The molecule has 0 atom stereocenters. The van der Waals surface area contributed by atoms with Crippen molar-refractivity contribution < 1.29 is 19.1 Å². The molecule has 0 aromatic heterocycles. The molecule has 0 aliphatic heterocycles. The zero-order valence-electron chi connectivity index (χ0n) is 9.05. The van der Waals surface area contributed by atoms with Gasteiger partial charge in [-0.05, 0) is 26.7 Å². The van der Waals surface area contributed by atoms with Gasteiger partial charge in [-0.15, -0.1) is 0 Å². The van der Waals surface area contributed by atoms with Crippen LogP contribution in [0, 0.1) is 11.8 Å². The fourth-order valence-corrected chi connectivity index (χ4v) is 0.928. The summed E-state index contributed by atoms with van der Waals surface area (Å²) in [5.74, 6) is 0.553. The Balaban J connectivity index is 3.82. The molecule has 0 rings (SSSR count). The van der Waals surface area contributed by atoms with Crippen LogP contribution < -0.4 is 0 Å². The van der Waals surface area contributed by atoms with Crippen molar-refractivity contribution in [2.75, 3.05) is 14.2 Å². The van der Waals surface area contributed by atoms with Crippen molar-refractivity contribution in [3.05, 3.63) is 11.8 Å². The number of rotatable bonds is 5. The number of ether oxygens (including phenoxy) is 2. The Labute approximate surface area is 84.6 Å². The van der Waals surface area contributed by atoms with Gasteiger partial charge in [-0.2, -0.15) is 0 Å².